The number of aryl methyl sites for hydroxylation is 1. The number of hydrogen-bond donors (Lipinski definition) is 3. The van der Waals surface area contributed by atoms with E-state index in [0.717, 1.165) is 10.7 Å². The third-order valence-electron chi connectivity index (χ3n) is 5.05. The summed E-state index contributed by atoms with van der Waals surface area (Å²) >= 11 is 1.54. The molecule has 0 fully saturated rings. The zero-order chi connectivity index (χ0) is 23.9. The highest BCUT2D eigenvalue weighted by atomic mass is 32.2. The number of benzene rings is 2. The summed E-state index contributed by atoms with van der Waals surface area (Å²) < 4.78 is 7.64. The number of anilines is 2. The first-order valence-electron chi connectivity index (χ1n) is 10.7. The van der Waals surface area contributed by atoms with Crippen molar-refractivity contribution in [1.82, 2.24) is 14.9 Å². The number of para-hydroxylation sites is 1. The summed E-state index contributed by atoms with van der Waals surface area (Å²) in [6.07, 6.45) is 3.62. The lowest BCUT2D eigenvalue weighted by molar-refractivity contribution is 0.0910. The van der Waals surface area contributed by atoms with E-state index in [9.17, 15) is 9.59 Å². The van der Waals surface area contributed by atoms with Crippen LogP contribution in [-0.2, 0) is 12.8 Å². The maximum absolute atomic E-state index is 12.6. The second kappa shape index (κ2) is 10.8. The summed E-state index contributed by atoms with van der Waals surface area (Å²) in [6, 6.07) is 19.4. The Bertz CT molecular complexity index is 1250. The van der Waals surface area contributed by atoms with Crippen molar-refractivity contribution >= 4 is 35.1 Å². The number of nitrogens with zero attached hydrogens (tertiary/aromatic N) is 2. The Balaban J connectivity index is 1.28. The van der Waals surface area contributed by atoms with Gasteiger partial charge in [0, 0.05) is 30.8 Å². The van der Waals surface area contributed by atoms with Gasteiger partial charge in [-0.1, -0.05) is 42.1 Å². The van der Waals surface area contributed by atoms with Gasteiger partial charge in [0.15, 0.2) is 10.9 Å². The van der Waals surface area contributed by atoms with E-state index in [-0.39, 0.29) is 23.7 Å². The molecule has 0 saturated carbocycles. The van der Waals surface area contributed by atoms with Crippen molar-refractivity contribution in [1.29, 1.82) is 0 Å². The van der Waals surface area contributed by atoms with Crippen molar-refractivity contribution in [3.8, 4) is 0 Å². The van der Waals surface area contributed by atoms with Gasteiger partial charge in [-0.3, -0.25) is 4.79 Å². The molecule has 0 aliphatic rings. The maximum atomic E-state index is 12.6. The van der Waals surface area contributed by atoms with Gasteiger partial charge in [-0.15, -0.1) is 0 Å². The van der Waals surface area contributed by atoms with Gasteiger partial charge >= 0.3 is 6.03 Å². The van der Waals surface area contributed by atoms with Crippen molar-refractivity contribution in [2.75, 3.05) is 10.6 Å². The number of carbonyl (C=O) groups is 2. The van der Waals surface area contributed by atoms with Gasteiger partial charge in [-0.25, -0.2) is 9.78 Å². The molecule has 1 atom stereocenters. The monoisotopic (exact) mass is 475 g/mol. The minimum atomic E-state index is -0.324. The summed E-state index contributed by atoms with van der Waals surface area (Å²) in [5.74, 6) is 1.26. The second-order valence-electron chi connectivity index (χ2n) is 7.64. The molecular weight excluding hydrogens is 450 g/mol. The lowest BCUT2D eigenvalue weighted by Crippen LogP contribution is -2.26. The molecule has 0 radical (unpaired) electrons. The standard InChI is InChI=1S/C25H25N5O3S/c1-17(18-8-10-20(11-9-18)29-24(32)28-19-6-4-3-5-7-19)27-23(31)22-13-12-21(33-22)16-34-25-26-14-15-30(25)2/h3-15,17H,16H2,1-2H3,(H,27,31)(H2,28,29,32). The van der Waals surface area contributed by atoms with E-state index in [4.69, 9.17) is 4.42 Å². The Morgan fingerprint density at radius 3 is 2.38 bits per heavy atom. The smallest absolute Gasteiger partial charge is 0.323 e. The van der Waals surface area contributed by atoms with Crippen molar-refractivity contribution < 1.29 is 14.0 Å². The number of urea groups is 1. The van der Waals surface area contributed by atoms with Crippen molar-refractivity contribution in [3.05, 3.63) is 96.2 Å². The summed E-state index contributed by atoms with van der Waals surface area (Å²) in [5.41, 5.74) is 2.26. The highest BCUT2D eigenvalue weighted by Gasteiger charge is 2.16. The maximum Gasteiger partial charge on any atom is 0.323 e. The molecule has 4 rings (SSSR count). The van der Waals surface area contributed by atoms with Gasteiger partial charge in [-0.2, -0.15) is 0 Å². The molecule has 4 aromatic rings. The lowest BCUT2D eigenvalue weighted by Gasteiger charge is -2.14. The molecule has 8 nitrogen and oxygen atoms in total. The number of amides is 3. The quantitative estimate of drug-likeness (QED) is 0.295. The number of carbonyl (C=O) groups excluding carboxylic acids is 2. The number of hydrogen-bond acceptors (Lipinski definition) is 5. The van der Waals surface area contributed by atoms with E-state index in [2.05, 4.69) is 20.9 Å². The number of nitrogens with one attached hydrogen (secondary N) is 3. The third kappa shape index (κ3) is 6.08. The van der Waals surface area contributed by atoms with Gasteiger partial charge < -0.3 is 24.9 Å². The second-order valence-corrected chi connectivity index (χ2v) is 8.58. The van der Waals surface area contributed by atoms with Crippen LogP contribution in [-0.4, -0.2) is 21.5 Å². The molecule has 0 aliphatic carbocycles. The van der Waals surface area contributed by atoms with Crippen LogP contribution >= 0.6 is 11.8 Å². The molecule has 0 bridgehead atoms. The van der Waals surface area contributed by atoms with Gasteiger partial charge in [-0.05, 0) is 48.9 Å². The van der Waals surface area contributed by atoms with Crippen LogP contribution in [0.3, 0.4) is 0 Å². The normalized spacial score (nSPS) is 11.6. The first-order chi connectivity index (χ1) is 16.5. The minimum absolute atomic E-state index is 0.241. The predicted molar refractivity (Wildman–Crippen MR) is 133 cm³/mol. The molecule has 0 spiro atoms. The van der Waals surface area contributed by atoms with E-state index < -0.39 is 0 Å². The fourth-order valence-corrected chi connectivity index (χ4v) is 4.05. The molecule has 1 unspecified atom stereocenters. The van der Waals surface area contributed by atoms with Crippen LogP contribution in [0.15, 0.2) is 88.7 Å². The van der Waals surface area contributed by atoms with E-state index in [0.29, 0.717) is 22.9 Å². The summed E-state index contributed by atoms with van der Waals surface area (Å²) in [6.45, 7) is 1.89. The van der Waals surface area contributed by atoms with Crippen molar-refractivity contribution in [2.45, 2.75) is 23.9 Å². The SMILES string of the molecule is CC(NC(=O)c1ccc(CSc2nccn2C)o1)c1ccc(NC(=O)Nc2ccccc2)cc1. The van der Waals surface area contributed by atoms with Crippen LogP contribution in [0.2, 0.25) is 0 Å². The van der Waals surface area contributed by atoms with E-state index in [1.165, 1.54) is 0 Å². The third-order valence-corrected chi connectivity index (χ3v) is 6.13. The largest absolute Gasteiger partial charge is 0.455 e. The Morgan fingerprint density at radius 2 is 1.71 bits per heavy atom. The van der Waals surface area contributed by atoms with Crippen LogP contribution in [0.1, 0.15) is 34.8 Å². The molecule has 2 aromatic heterocycles. The predicted octanol–water partition coefficient (Wildman–Crippen LogP) is 5.44. The summed E-state index contributed by atoms with van der Waals surface area (Å²) in [5, 5.41) is 9.38. The Kier molecular flexibility index (Phi) is 7.34. The molecule has 9 heteroatoms. The molecule has 2 heterocycles. The fraction of sp³-hybridized carbons (Fsp3) is 0.160. The van der Waals surface area contributed by atoms with Crippen LogP contribution in [0.4, 0.5) is 16.2 Å². The minimum Gasteiger partial charge on any atom is -0.455 e. The summed E-state index contributed by atoms with van der Waals surface area (Å²) in [4.78, 5) is 29.0. The highest BCUT2D eigenvalue weighted by Crippen LogP contribution is 2.22. The van der Waals surface area contributed by atoms with Gasteiger partial charge in [0.1, 0.15) is 5.76 Å². The number of rotatable bonds is 8. The molecule has 3 amide bonds. The van der Waals surface area contributed by atoms with E-state index >= 15 is 0 Å². The first-order valence-corrected chi connectivity index (χ1v) is 11.7. The number of furan rings is 1. The zero-order valence-corrected chi connectivity index (χ0v) is 19.6. The number of thioether (sulfide) groups is 1. The average molecular weight is 476 g/mol. The van der Waals surface area contributed by atoms with Crippen molar-refractivity contribution in [3.63, 3.8) is 0 Å². The molecule has 34 heavy (non-hydrogen) atoms. The Morgan fingerprint density at radius 1 is 1.00 bits per heavy atom. The molecule has 0 saturated heterocycles. The lowest BCUT2D eigenvalue weighted by atomic mass is 10.1. The van der Waals surface area contributed by atoms with Gasteiger partial charge in [0.2, 0.25) is 0 Å². The Labute approximate surface area is 201 Å². The zero-order valence-electron chi connectivity index (χ0n) is 18.8. The van der Waals surface area contributed by atoms with Crippen LogP contribution in [0.25, 0.3) is 0 Å². The first kappa shape index (κ1) is 23.2. The van der Waals surface area contributed by atoms with Gasteiger partial charge in [0.25, 0.3) is 5.91 Å². The highest BCUT2D eigenvalue weighted by molar-refractivity contribution is 7.98. The average Bonchev–Trinajstić information content (AvgIpc) is 3.47. The van der Waals surface area contributed by atoms with Gasteiger partial charge in [0.05, 0.1) is 11.8 Å². The number of imidazole rings is 1. The van der Waals surface area contributed by atoms with Crippen LogP contribution < -0.4 is 16.0 Å². The molecule has 2 aromatic carbocycles. The van der Waals surface area contributed by atoms with Crippen LogP contribution in [0, 0.1) is 0 Å². The molecular formula is C25H25N5O3S. The molecule has 0 aliphatic heterocycles. The molecule has 174 valence electrons. The fourth-order valence-electron chi connectivity index (χ4n) is 3.23. The Hall–Kier alpha value is -3.98. The topological polar surface area (TPSA) is 101 Å². The van der Waals surface area contributed by atoms with E-state index in [1.807, 2.05) is 67.2 Å². The van der Waals surface area contributed by atoms with Crippen LogP contribution in [0.5, 0.6) is 0 Å². The summed E-state index contributed by atoms with van der Waals surface area (Å²) in [7, 11) is 1.93. The number of aromatic nitrogens is 2. The van der Waals surface area contributed by atoms with E-state index in [1.54, 1.807) is 42.2 Å². The van der Waals surface area contributed by atoms with Crippen molar-refractivity contribution in [2.24, 2.45) is 7.05 Å². The molecule has 3 N–H and O–H groups in total.